The van der Waals surface area contributed by atoms with Gasteiger partial charge in [0.05, 0.1) is 18.1 Å². The highest BCUT2D eigenvalue weighted by molar-refractivity contribution is 7.89. The molecular formula is C19H28N2O4S. The SMILES string of the molecule is CC(C)N(C(=O)CCc1ccc(S(=O)(=O)N2CCOCC2)cc1)C1CC1. The van der Waals surface area contributed by atoms with Crippen LogP contribution >= 0.6 is 0 Å². The van der Waals surface area contributed by atoms with E-state index in [0.717, 1.165) is 18.4 Å². The van der Waals surface area contributed by atoms with Gasteiger partial charge in [-0.25, -0.2) is 8.42 Å². The van der Waals surface area contributed by atoms with Crippen molar-refractivity contribution in [2.75, 3.05) is 26.3 Å². The molecule has 1 amide bonds. The fourth-order valence-electron chi connectivity index (χ4n) is 3.41. The Kier molecular flexibility index (Phi) is 5.99. The summed E-state index contributed by atoms with van der Waals surface area (Å²) in [6.07, 6.45) is 3.31. The van der Waals surface area contributed by atoms with E-state index in [-0.39, 0.29) is 11.9 Å². The van der Waals surface area contributed by atoms with Crippen molar-refractivity contribution in [3.05, 3.63) is 29.8 Å². The zero-order chi connectivity index (χ0) is 18.7. The van der Waals surface area contributed by atoms with Crippen molar-refractivity contribution in [1.29, 1.82) is 0 Å². The molecule has 1 saturated carbocycles. The number of rotatable bonds is 7. The highest BCUT2D eigenvalue weighted by Crippen LogP contribution is 2.29. The van der Waals surface area contributed by atoms with E-state index >= 15 is 0 Å². The third-order valence-electron chi connectivity index (χ3n) is 4.94. The van der Waals surface area contributed by atoms with Gasteiger partial charge in [-0.2, -0.15) is 4.31 Å². The van der Waals surface area contributed by atoms with Crippen molar-refractivity contribution >= 4 is 15.9 Å². The fraction of sp³-hybridized carbons (Fsp3) is 0.632. The van der Waals surface area contributed by atoms with E-state index in [2.05, 4.69) is 13.8 Å². The summed E-state index contributed by atoms with van der Waals surface area (Å²) in [4.78, 5) is 14.8. The minimum absolute atomic E-state index is 0.188. The molecule has 1 aliphatic carbocycles. The minimum atomic E-state index is -3.46. The number of carbonyl (C=O) groups is 1. The minimum Gasteiger partial charge on any atom is -0.379 e. The number of morpholine rings is 1. The van der Waals surface area contributed by atoms with Crippen LogP contribution < -0.4 is 0 Å². The number of carbonyl (C=O) groups excluding carboxylic acids is 1. The molecule has 1 saturated heterocycles. The standard InChI is InChI=1S/C19H28N2O4S/c1-15(2)21(17-6-7-17)19(22)10-5-16-3-8-18(9-4-16)26(23,24)20-11-13-25-14-12-20/h3-4,8-9,15,17H,5-7,10-14H2,1-2H3. The van der Waals surface area contributed by atoms with E-state index in [1.165, 1.54) is 4.31 Å². The van der Waals surface area contributed by atoms with Crippen molar-refractivity contribution in [2.45, 2.75) is 56.5 Å². The van der Waals surface area contributed by atoms with Crippen LogP contribution in [0.15, 0.2) is 29.2 Å². The Morgan fingerprint density at radius 1 is 1.19 bits per heavy atom. The maximum atomic E-state index is 12.6. The first-order valence-corrected chi connectivity index (χ1v) is 10.8. The van der Waals surface area contributed by atoms with Crippen LogP contribution in [-0.2, 0) is 26.0 Å². The predicted molar refractivity (Wildman–Crippen MR) is 99.3 cm³/mol. The lowest BCUT2D eigenvalue weighted by atomic mass is 10.1. The van der Waals surface area contributed by atoms with Gasteiger partial charge in [0.25, 0.3) is 0 Å². The zero-order valence-electron chi connectivity index (χ0n) is 15.6. The Bertz CT molecular complexity index is 718. The molecule has 144 valence electrons. The van der Waals surface area contributed by atoms with Crippen LogP contribution in [0, 0.1) is 0 Å². The van der Waals surface area contributed by atoms with Crippen LogP contribution in [0.4, 0.5) is 0 Å². The molecule has 1 aliphatic heterocycles. The molecule has 2 aliphatic rings. The highest BCUT2D eigenvalue weighted by atomic mass is 32.2. The van der Waals surface area contributed by atoms with Crippen LogP contribution in [-0.4, -0.2) is 61.9 Å². The van der Waals surface area contributed by atoms with Crippen molar-refractivity contribution < 1.29 is 17.9 Å². The predicted octanol–water partition coefficient (Wildman–Crippen LogP) is 2.04. The number of nitrogens with zero attached hydrogens (tertiary/aromatic N) is 2. The van der Waals surface area contributed by atoms with Crippen LogP contribution in [0.3, 0.4) is 0 Å². The maximum absolute atomic E-state index is 12.6. The molecule has 0 bridgehead atoms. The summed E-state index contributed by atoms with van der Waals surface area (Å²) >= 11 is 0. The molecule has 3 rings (SSSR count). The summed E-state index contributed by atoms with van der Waals surface area (Å²) in [7, 11) is -3.46. The first-order valence-electron chi connectivity index (χ1n) is 9.37. The number of hydrogen-bond acceptors (Lipinski definition) is 4. The average molecular weight is 381 g/mol. The van der Waals surface area contributed by atoms with Gasteiger partial charge in [0.15, 0.2) is 0 Å². The maximum Gasteiger partial charge on any atom is 0.243 e. The second-order valence-electron chi connectivity index (χ2n) is 7.29. The summed E-state index contributed by atoms with van der Waals surface area (Å²) in [6.45, 7) is 5.78. The smallest absolute Gasteiger partial charge is 0.243 e. The Morgan fingerprint density at radius 2 is 1.81 bits per heavy atom. The lowest BCUT2D eigenvalue weighted by Gasteiger charge is -2.27. The Hall–Kier alpha value is -1.44. The Balaban J connectivity index is 1.60. The van der Waals surface area contributed by atoms with Gasteiger partial charge in [0.1, 0.15) is 0 Å². The molecule has 0 N–H and O–H groups in total. The molecule has 1 heterocycles. The molecule has 7 heteroatoms. The van der Waals surface area contributed by atoms with Crippen molar-refractivity contribution in [3.8, 4) is 0 Å². The van der Waals surface area contributed by atoms with Gasteiger partial charge < -0.3 is 9.64 Å². The summed E-state index contributed by atoms with van der Waals surface area (Å²) in [6, 6.07) is 7.58. The quantitative estimate of drug-likeness (QED) is 0.726. The first kappa shape index (κ1) is 19.3. The Morgan fingerprint density at radius 3 is 2.35 bits per heavy atom. The van der Waals surface area contributed by atoms with E-state index < -0.39 is 10.0 Å². The lowest BCUT2D eigenvalue weighted by molar-refractivity contribution is -0.133. The molecule has 0 aromatic heterocycles. The van der Waals surface area contributed by atoms with Gasteiger partial charge in [0.2, 0.25) is 15.9 Å². The molecule has 6 nitrogen and oxygen atoms in total. The third-order valence-corrected chi connectivity index (χ3v) is 6.86. The van der Waals surface area contributed by atoms with E-state index in [1.807, 2.05) is 17.0 Å². The van der Waals surface area contributed by atoms with Gasteiger partial charge in [0, 0.05) is 31.6 Å². The van der Waals surface area contributed by atoms with E-state index in [1.54, 1.807) is 12.1 Å². The largest absolute Gasteiger partial charge is 0.379 e. The number of hydrogen-bond donors (Lipinski definition) is 0. The molecule has 1 aromatic rings. The van der Waals surface area contributed by atoms with Crippen LogP contribution in [0.25, 0.3) is 0 Å². The zero-order valence-corrected chi connectivity index (χ0v) is 16.4. The number of benzene rings is 1. The van der Waals surface area contributed by atoms with Crippen molar-refractivity contribution in [1.82, 2.24) is 9.21 Å². The number of sulfonamides is 1. The molecule has 2 fully saturated rings. The van der Waals surface area contributed by atoms with Crippen molar-refractivity contribution in [3.63, 3.8) is 0 Å². The van der Waals surface area contributed by atoms with E-state index in [4.69, 9.17) is 4.74 Å². The van der Waals surface area contributed by atoms with E-state index in [9.17, 15) is 13.2 Å². The molecular weight excluding hydrogens is 352 g/mol. The number of ether oxygens (including phenoxy) is 1. The van der Waals surface area contributed by atoms with Gasteiger partial charge in [-0.05, 0) is 50.8 Å². The summed E-state index contributed by atoms with van der Waals surface area (Å²) in [5.41, 5.74) is 0.985. The van der Waals surface area contributed by atoms with Gasteiger partial charge in [-0.3, -0.25) is 4.79 Å². The normalized spacial score (nSPS) is 18.9. The van der Waals surface area contributed by atoms with E-state index in [0.29, 0.717) is 50.1 Å². The van der Waals surface area contributed by atoms with Gasteiger partial charge in [-0.1, -0.05) is 12.1 Å². The van der Waals surface area contributed by atoms with Crippen LogP contribution in [0.5, 0.6) is 0 Å². The average Bonchev–Trinajstić information content (AvgIpc) is 3.46. The van der Waals surface area contributed by atoms with Crippen LogP contribution in [0.2, 0.25) is 0 Å². The number of aryl methyl sites for hydroxylation is 1. The highest BCUT2D eigenvalue weighted by Gasteiger charge is 2.33. The van der Waals surface area contributed by atoms with Gasteiger partial charge >= 0.3 is 0 Å². The number of amides is 1. The first-order chi connectivity index (χ1) is 12.4. The second kappa shape index (κ2) is 8.06. The fourth-order valence-corrected chi connectivity index (χ4v) is 4.82. The van der Waals surface area contributed by atoms with Crippen LogP contribution in [0.1, 0.15) is 38.7 Å². The molecule has 26 heavy (non-hydrogen) atoms. The summed E-state index contributed by atoms with van der Waals surface area (Å²) < 4.78 is 31.9. The molecule has 1 aromatic carbocycles. The molecule has 0 unspecified atom stereocenters. The van der Waals surface area contributed by atoms with Gasteiger partial charge in [-0.15, -0.1) is 0 Å². The van der Waals surface area contributed by atoms with Crippen molar-refractivity contribution in [2.24, 2.45) is 0 Å². The lowest BCUT2D eigenvalue weighted by Crippen LogP contribution is -2.40. The topological polar surface area (TPSA) is 66.9 Å². The second-order valence-corrected chi connectivity index (χ2v) is 9.22. The summed E-state index contributed by atoms with van der Waals surface area (Å²) in [5, 5.41) is 0. The molecule has 0 radical (unpaired) electrons. The third kappa shape index (κ3) is 4.45. The summed E-state index contributed by atoms with van der Waals surface area (Å²) in [5.74, 6) is 0.188. The molecule has 0 spiro atoms. The monoisotopic (exact) mass is 380 g/mol. The molecule has 0 atom stereocenters. The Labute approximate surface area is 156 Å².